The second kappa shape index (κ2) is 20.3. The van der Waals surface area contributed by atoms with Crippen LogP contribution in [0.25, 0.3) is 0 Å². The van der Waals surface area contributed by atoms with Crippen molar-refractivity contribution in [2.24, 2.45) is 0 Å². The Hall–Kier alpha value is -2.04. The normalized spacial score (nSPS) is 11.7. The van der Waals surface area contributed by atoms with Gasteiger partial charge in [-0.2, -0.15) is 0 Å². The molecule has 34 heavy (non-hydrogen) atoms. The summed E-state index contributed by atoms with van der Waals surface area (Å²) in [6.45, 7) is 6.09. The predicted molar refractivity (Wildman–Crippen MR) is 144 cm³/mol. The lowest BCUT2D eigenvalue weighted by molar-refractivity contribution is -0.116. The molecule has 0 heterocycles. The van der Waals surface area contributed by atoms with Gasteiger partial charge in [0.25, 0.3) is 0 Å². The number of ether oxygens (including phenoxy) is 1. The molecule has 1 rings (SSSR count). The molecule has 1 aromatic carbocycles. The Labute approximate surface area is 208 Å². The van der Waals surface area contributed by atoms with Gasteiger partial charge in [0, 0.05) is 6.42 Å². The van der Waals surface area contributed by atoms with E-state index in [1.54, 1.807) is 12.1 Å². The van der Waals surface area contributed by atoms with E-state index < -0.39 is 6.09 Å². The first-order chi connectivity index (χ1) is 16.6. The first kappa shape index (κ1) is 30.0. The number of hydrogen-bond acceptors (Lipinski definition) is 3. The quantitative estimate of drug-likeness (QED) is 0.185. The van der Waals surface area contributed by atoms with Gasteiger partial charge in [0.2, 0.25) is 5.91 Å². The summed E-state index contributed by atoms with van der Waals surface area (Å²) in [5.74, 6) is -0.0146. The molecule has 0 bridgehead atoms. The summed E-state index contributed by atoms with van der Waals surface area (Å²) in [7, 11) is 0. The zero-order valence-corrected chi connectivity index (χ0v) is 22.1. The minimum absolute atomic E-state index is 0.0146. The predicted octanol–water partition coefficient (Wildman–Crippen LogP) is 9.23. The van der Waals surface area contributed by atoms with Crippen molar-refractivity contribution in [3.8, 4) is 0 Å². The molecule has 0 saturated heterocycles. The Kier molecular flexibility index (Phi) is 17.9. The molecule has 0 spiro atoms. The molecule has 0 aliphatic heterocycles. The highest BCUT2D eigenvalue weighted by atomic mass is 16.6. The van der Waals surface area contributed by atoms with Crippen molar-refractivity contribution < 1.29 is 14.3 Å². The van der Waals surface area contributed by atoms with Gasteiger partial charge in [0.1, 0.15) is 6.10 Å². The number of carbonyl (C=O) groups is 2. The largest absolute Gasteiger partial charge is 0.446 e. The maximum Gasteiger partial charge on any atom is 0.411 e. The summed E-state index contributed by atoms with van der Waals surface area (Å²) in [6, 6.07) is 7.22. The number of nitrogens with one attached hydrogen (secondary N) is 2. The highest BCUT2D eigenvalue weighted by Crippen LogP contribution is 2.22. The van der Waals surface area contributed by atoms with E-state index in [4.69, 9.17) is 4.74 Å². The molecule has 0 aliphatic carbocycles. The van der Waals surface area contributed by atoms with Gasteiger partial charge in [-0.3, -0.25) is 10.1 Å². The fourth-order valence-electron chi connectivity index (χ4n) is 3.98. The first-order valence-electron chi connectivity index (χ1n) is 13.9. The molecule has 0 radical (unpaired) electrons. The molecular weight excluding hydrogens is 424 g/mol. The number of hydrogen-bond donors (Lipinski definition) is 2. The molecule has 5 heteroatoms. The molecule has 1 unspecified atom stereocenters. The molecule has 2 N–H and O–H groups in total. The molecule has 1 aromatic rings. The number of amides is 2. The van der Waals surface area contributed by atoms with Crippen LogP contribution in [0, 0.1) is 0 Å². The maximum atomic E-state index is 12.4. The third kappa shape index (κ3) is 15.7. The van der Waals surface area contributed by atoms with Gasteiger partial charge in [0.05, 0.1) is 11.4 Å². The summed E-state index contributed by atoms with van der Waals surface area (Å²) in [4.78, 5) is 24.4. The Balaban J connectivity index is 2.06. The molecule has 0 aromatic heterocycles. The van der Waals surface area contributed by atoms with E-state index in [1.807, 2.05) is 26.0 Å². The van der Waals surface area contributed by atoms with Crippen molar-refractivity contribution in [1.82, 2.24) is 0 Å². The molecule has 1 atom stereocenters. The van der Waals surface area contributed by atoms with Gasteiger partial charge < -0.3 is 10.1 Å². The number of anilines is 2. The Bertz CT molecular complexity index is 663. The highest BCUT2D eigenvalue weighted by Gasteiger charge is 2.12. The van der Waals surface area contributed by atoms with E-state index >= 15 is 0 Å². The van der Waals surface area contributed by atoms with Gasteiger partial charge >= 0.3 is 6.09 Å². The van der Waals surface area contributed by atoms with Crippen LogP contribution in [0.5, 0.6) is 0 Å². The van der Waals surface area contributed by atoms with E-state index in [2.05, 4.69) is 17.6 Å². The Morgan fingerprint density at radius 3 is 1.62 bits per heavy atom. The van der Waals surface area contributed by atoms with Gasteiger partial charge in [-0.1, -0.05) is 116 Å². The van der Waals surface area contributed by atoms with Crippen LogP contribution in [0.4, 0.5) is 16.2 Å². The number of carbonyl (C=O) groups excluding carboxylic acids is 2. The van der Waals surface area contributed by atoms with E-state index in [9.17, 15) is 9.59 Å². The van der Waals surface area contributed by atoms with Crippen LogP contribution in [0.2, 0.25) is 0 Å². The van der Waals surface area contributed by atoms with Crippen molar-refractivity contribution in [2.75, 3.05) is 10.6 Å². The third-order valence-corrected chi connectivity index (χ3v) is 6.33. The van der Waals surface area contributed by atoms with Crippen molar-refractivity contribution in [1.29, 1.82) is 0 Å². The fourth-order valence-corrected chi connectivity index (χ4v) is 3.98. The lowest BCUT2D eigenvalue weighted by Gasteiger charge is -2.14. The van der Waals surface area contributed by atoms with Crippen LogP contribution in [-0.4, -0.2) is 18.1 Å². The smallest absolute Gasteiger partial charge is 0.411 e. The zero-order chi connectivity index (χ0) is 24.9. The van der Waals surface area contributed by atoms with Gasteiger partial charge in [-0.05, 0) is 31.9 Å². The summed E-state index contributed by atoms with van der Waals surface area (Å²) < 4.78 is 5.26. The van der Waals surface area contributed by atoms with Crippen molar-refractivity contribution in [3.05, 3.63) is 24.3 Å². The van der Waals surface area contributed by atoms with Crippen LogP contribution in [0.3, 0.4) is 0 Å². The molecule has 194 valence electrons. The average Bonchev–Trinajstić information content (AvgIpc) is 2.82. The van der Waals surface area contributed by atoms with Gasteiger partial charge in [-0.25, -0.2) is 4.79 Å². The third-order valence-electron chi connectivity index (χ3n) is 6.33. The minimum Gasteiger partial charge on any atom is -0.446 e. The summed E-state index contributed by atoms with van der Waals surface area (Å²) in [6.07, 6.45) is 20.3. The van der Waals surface area contributed by atoms with E-state index in [1.165, 1.54) is 83.5 Å². The fraction of sp³-hybridized carbons (Fsp3) is 0.724. The minimum atomic E-state index is -0.501. The number of benzene rings is 1. The van der Waals surface area contributed by atoms with E-state index in [0.717, 1.165) is 19.3 Å². The lowest BCUT2D eigenvalue weighted by atomic mass is 10.0. The lowest BCUT2D eigenvalue weighted by Crippen LogP contribution is -2.21. The van der Waals surface area contributed by atoms with Crippen LogP contribution in [0.15, 0.2) is 24.3 Å². The van der Waals surface area contributed by atoms with Crippen molar-refractivity contribution >= 4 is 23.4 Å². The van der Waals surface area contributed by atoms with E-state index in [-0.39, 0.29) is 12.0 Å². The number of rotatable bonds is 20. The van der Waals surface area contributed by atoms with Crippen molar-refractivity contribution in [2.45, 2.75) is 136 Å². The number of unbranched alkanes of at least 4 members (excludes halogenated alkanes) is 14. The SMILES string of the molecule is CCCCCCCCCCCCCCCCCC(=O)Nc1ccccc1NC(=O)OC(C)CC. The first-order valence-corrected chi connectivity index (χ1v) is 13.9. The number of para-hydroxylation sites is 2. The Morgan fingerprint density at radius 2 is 1.15 bits per heavy atom. The average molecular weight is 475 g/mol. The summed E-state index contributed by atoms with van der Waals surface area (Å²) >= 11 is 0. The molecule has 2 amide bonds. The molecule has 5 nitrogen and oxygen atoms in total. The highest BCUT2D eigenvalue weighted by molar-refractivity contribution is 5.97. The summed E-state index contributed by atoms with van der Waals surface area (Å²) in [5.41, 5.74) is 1.16. The summed E-state index contributed by atoms with van der Waals surface area (Å²) in [5, 5.41) is 5.65. The van der Waals surface area contributed by atoms with Crippen LogP contribution in [-0.2, 0) is 9.53 Å². The second-order valence-electron chi connectivity index (χ2n) is 9.54. The second-order valence-corrected chi connectivity index (χ2v) is 9.54. The van der Waals surface area contributed by atoms with Gasteiger partial charge in [-0.15, -0.1) is 0 Å². The standard InChI is InChI=1S/C29H50N2O3/c1-4-6-7-8-9-10-11-12-13-14-15-16-17-18-19-24-28(32)30-26-22-20-21-23-27(26)31-29(33)34-25(3)5-2/h20-23,25H,4-19,24H2,1-3H3,(H,30,32)(H,31,33). The maximum absolute atomic E-state index is 12.4. The van der Waals surface area contributed by atoms with Crippen LogP contribution >= 0.6 is 0 Å². The molecule has 0 fully saturated rings. The van der Waals surface area contributed by atoms with Crippen LogP contribution in [0.1, 0.15) is 130 Å². The molecular formula is C29H50N2O3. The van der Waals surface area contributed by atoms with Gasteiger partial charge in [0.15, 0.2) is 0 Å². The molecule has 0 saturated carbocycles. The zero-order valence-electron chi connectivity index (χ0n) is 22.1. The monoisotopic (exact) mass is 474 g/mol. The Morgan fingerprint density at radius 1 is 0.706 bits per heavy atom. The van der Waals surface area contributed by atoms with E-state index in [0.29, 0.717) is 17.8 Å². The van der Waals surface area contributed by atoms with Crippen molar-refractivity contribution in [3.63, 3.8) is 0 Å². The van der Waals surface area contributed by atoms with Crippen LogP contribution < -0.4 is 10.6 Å². The topological polar surface area (TPSA) is 67.4 Å². The molecule has 0 aliphatic rings.